The van der Waals surface area contributed by atoms with Crippen molar-refractivity contribution in [2.24, 2.45) is 0 Å². The Morgan fingerprint density at radius 3 is 2.59 bits per heavy atom. The molecule has 0 saturated heterocycles. The van der Waals surface area contributed by atoms with E-state index < -0.39 is 0 Å². The van der Waals surface area contributed by atoms with Gasteiger partial charge in [-0.3, -0.25) is 14.5 Å². The lowest BCUT2D eigenvalue weighted by Gasteiger charge is -2.21. The Morgan fingerprint density at radius 2 is 1.81 bits per heavy atom. The Kier molecular flexibility index (Phi) is 4.19. The average molecular weight is 358 g/mol. The van der Waals surface area contributed by atoms with Crippen molar-refractivity contribution in [3.05, 3.63) is 76.9 Å². The molecule has 0 aliphatic carbocycles. The molecule has 4 rings (SSSR count). The van der Waals surface area contributed by atoms with Gasteiger partial charge in [0.2, 0.25) is 5.91 Å². The Morgan fingerprint density at radius 1 is 1.07 bits per heavy atom. The summed E-state index contributed by atoms with van der Waals surface area (Å²) in [7, 11) is 0. The fraction of sp³-hybridized carbons (Fsp3) is 0.217. The van der Waals surface area contributed by atoms with Crippen LogP contribution in [0.2, 0.25) is 0 Å². The van der Waals surface area contributed by atoms with E-state index in [1.807, 2.05) is 57.2 Å². The maximum Gasteiger partial charge on any atom is 0.259 e. The minimum Gasteiger partial charge on any atom is -0.348 e. The maximum atomic E-state index is 12.8. The van der Waals surface area contributed by atoms with E-state index in [-0.39, 0.29) is 24.4 Å². The smallest absolute Gasteiger partial charge is 0.259 e. The number of aryl methyl sites for hydroxylation is 2. The summed E-state index contributed by atoms with van der Waals surface area (Å²) in [6.07, 6.45) is 0. The van der Waals surface area contributed by atoms with Gasteiger partial charge < -0.3 is 5.32 Å². The first kappa shape index (κ1) is 17.3. The van der Waals surface area contributed by atoms with Crippen LogP contribution in [0.1, 0.15) is 40.0 Å². The Labute approximate surface area is 158 Å². The molecule has 0 fully saturated rings. The first-order valence-electron chi connectivity index (χ1n) is 9.16. The van der Waals surface area contributed by atoms with E-state index >= 15 is 0 Å². The highest BCUT2D eigenvalue weighted by atomic mass is 16.2. The highest BCUT2D eigenvalue weighted by molar-refractivity contribution is 6.26. The third-order valence-electron chi connectivity index (χ3n) is 5.23. The van der Waals surface area contributed by atoms with E-state index in [9.17, 15) is 9.59 Å². The molecule has 0 radical (unpaired) electrons. The van der Waals surface area contributed by atoms with Gasteiger partial charge in [0.15, 0.2) is 0 Å². The minimum absolute atomic E-state index is 0.0157. The van der Waals surface area contributed by atoms with E-state index in [0.29, 0.717) is 5.56 Å². The topological polar surface area (TPSA) is 49.4 Å². The zero-order valence-electron chi connectivity index (χ0n) is 15.7. The first-order valence-corrected chi connectivity index (χ1v) is 9.16. The number of rotatable bonds is 4. The molecule has 1 N–H and O–H groups in total. The van der Waals surface area contributed by atoms with Crippen LogP contribution in [0, 0.1) is 13.8 Å². The van der Waals surface area contributed by atoms with Crippen LogP contribution in [0.15, 0.2) is 54.6 Å². The van der Waals surface area contributed by atoms with Gasteiger partial charge in [-0.15, -0.1) is 0 Å². The molecule has 1 aliphatic rings. The molecule has 0 unspecified atom stereocenters. The molecule has 0 aromatic heterocycles. The predicted octanol–water partition coefficient (Wildman–Crippen LogP) is 4.29. The molecule has 4 heteroatoms. The zero-order chi connectivity index (χ0) is 19.1. The fourth-order valence-corrected chi connectivity index (χ4v) is 3.87. The van der Waals surface area contributed by atoms with Gasteiger partial charge in [0.05, 0.1) is 11.7 Å². The van der Waals surface area contributed by atoms with Crippen molar-refractivity contribution in [1.82, 2.24) is 5.32 Å². The molecule has 2 amide bonds. The molecule has 0 saturated carbocycles. The summed E-state index contributed by atoms with van der Waals surface area (Å²) < 4.78 is 0. The van der Waals surface area contributed by atoms with E-state index in [1.54, 1.807) is 4.90 Å². The molecule has 4 nitrogen and oxygen atoms in total. The van der Waals surface area contributed by atoms with Crippen LogP contribution >= 0.6 is 0 Å². The van der Waals surface area contributed by atoms with Gasteiger partial charge in [-0.25, -0.2) is 0 Å². The number of anilines is 1. The molecule has 1 atom stereocenters. The van der Waals surface area contributed by atoms with Gasteiger partial charge in [-0.05, 0) is 49.4 Å². The number of carbonyl (C=O) groups is 2. The summed E-state index contributed by atoms with van der Waals surface area (Å²) >= 11 is 0. The molecule has 27 heavy (non-hydrogen) atoms. The van der Waals surface area contributed by atoms with Crippen molar-refractivity contribution in [3.63, 3.8) is 0 Å². The number of hydrogen-bond donors (Lipinski definition) is 1. The van der Waals surface area contributed by atoms with Crippen molar-refractivity contribution in [3.8, 4) is 0 Å². The first-order chi connectivity index (χ1) is 13.0. The van der Waals surface area contributed by atoms with Crippen molar-refractivity contribution in [2.45, 2.75) is 26.8 Å². The zero-order valence-corrected chi connectivity index (χ0v) is 15.7. The Balaban J connectivity index is 1.55. The van der Waals surface area contributed by atoms with Crippen LogP contribution < -0.4 is 10.2 Å². The largest absolute Gasteiger partial charge is 0.348 e. The molecular formula is C23H22N2O2. The van der Waals surface area contributed by atoms with Gasteiger partial charge in [-0.1, -0.05) is 48.0 Å². The van der Waals surface area contributed by atoms with Crippen LogP contribution in [-0.2, 0) is 4.79 Å². The van der Waals surface area contributed by atoms with Gasteiger partial charge in [0.25, 0.3) is 5.91 Å². The number of carbonyl (C=O) groups excluding carboxylic acids is 2. The van der Waals surface area contributed by atoms with Crippen molar-refractivity contribution >= 4 is 28.3 Å². The highest BCUT2D eigenvalue weighted by Crippen LogP contribution is 2.36. The Hall–Kier alpha value is -3.14. The number of nitrogens with one attached hydrogen (secondary N) is 1. The van der Waals surface area contributed by atoms with Gasteiger partial charge >= 0.3 is 0 Å². The summed E-state index contributed by atoms with van der Waals surface area (Å²) in [5.74, 6) is -0.280. The lowest BCUT2D eigenvalue weighted by atomic mass is 10.00. The predicted molar refractivity (Wildman–Crippen MR) is 108 cm³/mol. The summed E-state index contributed by atoms with van der Waals surface area (Å²) in [6, 6.07) is 17.6. The quantitative estimate of drug-likeness (QED) is 0.756. The SMILES string of the molecule is Cc1ccc(C)c([C@H](C)NC(=O)CN2C(=O)c3cccc4cccc2c34)c1. The van der Waals surface area contributed by atoms with Crippen LogP contribution in [0.25, 0.3) is 10.8 Å². The minimum atomic E-state index is -0.165. The standard InChI is InChI=1S/C23H22N2O2/c1-14-10-11-15(2)19(12-14)16(3)24-21(26)13-25-20-9-5-7-17-6-4-8-18(22(17)20)23(25)27/h4-12,16H,13H2,1-3H3,(H,24,26)/t16-/m0/s1. The number of benzene rings is 3. The molecular weight excluding hydrogens is 336 g/mol. The summed E-state index contributed by atoms with van der Waals surface area (Å²) in [4.78, 5) is 27.1. The second-order valence-electron chi connectivity index (χ2n) is 7.22. The van der Waals surface area contributed by atoms with Crippen LogP contribution in [0.5, 0.6) is 0 Å². The van der Waals surface area contributed by atoms with Gasteiger partial charge in [0, 0.05) is 10.9 Å². The van der Waals surface area contributed by atoms with Crippen molar-refractivity contribution in [1.29, 1.82) is 0 Å². The number of hydrogen-bond acceptors (Lipinski definition) is 2. The lowest BCUT2D eigenvalue weighted by Crippen LogP contribution is -2.40. The van der Waals surface area contributed by atoms with E-state index in [2.05, 4.69) is 23.5 Å². The van der Waals surface area contributed by atoms with E-state index in [1.165, 1.54) is 0 Å². The summed E-state index contributed by atoms with van der Waals surface area (Å²) in [5, 5.41) is 4.99. The fourth-order valence-electron chi connectivity index (χ4n) is 3.87. The summed E-state index contributed by atoms with van der Waals surface area (Å²) in [6.45, 7) is 6.07. The lowest BCUT2D eigenvalue weighted by molar-refractivity contribution is -0.120. The van der Waals surface area contributed by atoms with E-state index in [4.69, 9.17) is 0 Å². The second-order valence-corrected chi connectivity index (χ2v) is 7.22. The molecule has 3 aromatic carbocycles. The highest BCUT2D eigenvalue weighted by Gasteiger charge is 2.31. The van der Waals surface area contributed by atoms with Gasteiger partial charge in [-0.2, -0.15) is 0 Å². The molecule has 1 aliphatic heterocycles. The third kappa shape index (κ3) is 2.97. The van der Waals surface area contributed by atoms with E-state index in [0.717, 1.165) is 33.2 Å². The second kappa shape index (κ2) is 6.54. The third-order valence-corrected chi connectivity index (χ3v) is 5.23. The molecule has 0 bridgehead atoms. The monoisotopic (exact) mass is 358 g/mol. The van der Waals surface area contributed by atoms with Crippen molar-refractivity contribution in [2.75, 3.05) is 11.4 Å². The molecule has 1 heterocycles. The molecule has 3 aromatic rings. The van der Waals surface area contributed by atoms with Crippen LogP contribution in [-0.4, -0.2) is 18.4 Å². The van der Waals surface area contributed by atoms with Crippen LogP contribution in [0.4, 0.5) is 5.69 Å². The van der Waals surface area contributed by atoms with Crippen molar-refractivity contribution < 1.29 is 9.59 Å². The summed E-state index contributed by atoms with van der Waals surface area (Å²) in [5.41, 5.74) is 4.87. The van der Waals surface area contributed by atoms with Gasteiger partial charge in [0.1, 0.15) is 6.54 Å². The average Bonchev–Trinajstić information content (AvgIpc) is 2.92. The molecule has 0 spiro atoms. The normalized spacial score (nSPS) is 13.9. The maximum absolute atomic E-state index is 12.8. The number of amides is 2. The Bertz CT molecular complexity index is 1070. The van der Waals surface area contributed by atoms with Crippen LogP contribution in [0.3, 0.4) is 0 Å². The number of nitrogens with zero attached hydrogens (tertiary/aromatic N) is 1. The molecule has 136 valence electrons.